The maximum atomic E-state index is 12.4. The van der Waals surface area contributed by atoms with E-state index in [0.29, 0.717) is 5.56 Å². The summed E-state index contributed by atoms with van der Waals surface area (Å²) in [5.74, 6) is -1.34. The molecule has 3 aromatic carbocycles. The molecule has 0 radical (unpaired) electrons. The molecular weight excluding hydrogens is 409 g/mol. The van der Waals surface area contributed by atoms with Gasteiger partial charge in [-0.3, -0.25) is 0 Å². The van der Waals surface area contributed by atoms with Gasteiger partial charge in [0.05, 0.1) is 0 Å². The molecule has 32 heavy (non-hydrogen) atoms. The molecule has 0 aromatic heterocycles. The Morgan fingerprint density at radius 2 is 1.56 bits per heavy atom. The quantitative estimate of drug-likeness (QED) is 0.425. The molecule has 0 bridgehead atoms. The number of carbonyl (C=O) groups is 2. The van der Waals surface area contributed by atoms with Gasteiger partial charge in [-0.2, -0.15) is 0 Å². The molecule has 8 heteroatoms. The lowest BCUT2D eigenvalue weighted by Crippen LogP contribution is -2.43. The van der Waals surface area contributed by atoms with E-state index in [-0.39, 0.29) is 24.4 Å². The number of alkyl carbamates (subject to hydrolysis) is 1. The number of carbonyl (C=O) groups excluding carboxylic acids is 1. The number of hydrogen-bond donors (Lipinski definition) is 4. The molecule has 0 saturated heterocycles. The largest absolute Gasteiger partial charge is 0.488 e. The van der Waals surface area contributed by atoms with Crippen molar-refractivity contribution in [3.8, 4) is 11.1 Å². The number of aliphatic carboxylic acids is 1. The van der Waals surface area contributed by atoms with Gasteiger partial charge in [0, 0.05) is 12.3 Å². The SMILES string of the molecule is O=C(N[C@@H](Cc1cccc(B(O)O)c1)C(=O)O)OCC1c2ccccc2-c2ccccc21. The van der Waals surface area contributed by atoms with Crippen molar-refractivity contribution in [2.75, 3.05) is 6.61 Å². The average Bonchev–Trinajstić information content (AvgIpc) is 3.11. The Morgan fingerprint density at radius 3 is 2.16 bits per heavy atom. The number of nitrogens with one attached hydrogen (secondary N) is 1. The van der Waals surface area contributed by atoms with E-state index in [4.69, 9.17) is 4.74 Å². The van der Waals surface area contributed by atoms with Gasteiger partial charge < -0.3 is 25.2 Å². The monoisotopic (exact) mass is 431 g/mol. The Bertz CT molecular complexity index is 1100. The number of fused-ring (bicyclic) bond motifs is 3. The summed E-state index contributed by atoms with van der Waals surface area (Å²) >= 11 is 0. The van der Waals surface area contributed by atoms with Crippen LogP contribution in [0.3, 0.4) is 0 Å². The van der Waals surface area contributed by atoms with Crippen LogP contribution in [0.4, 0.5) is 4.79 Å². The predicted octanol–water partition coefficient (Wildman–Crippen LogP) is 1.90. The zero-order chi connectivity index (χ0) is 22.7. The highest BCUT2D eigenvalue weighted by molar-refractivity contribution is 6.58. The first kappa shape index (κ1) is 21.6. The first-order valence-electron chi connectivity index (χ1n) is 10.2. The third kappa shape index (κ3) is 4.51. The third-order valence-corrected chi connectivity index (χ3v) is 5.62. The molecule has 0 fully saturated rings. The van der Waals surface area contributed by atoms with E-state index in [0.717, 1.165) is 22.3 Å². The van der Waals surface area contributed by atoms with Crippen LogP contribution in [-0.2, 0) is 16.0 Å². The summed E-state index contributed by atoms with van der Waals surface area (Å²) in [6, 6.07) is 20.9. The maximum absolute atomic E-state index is 12.4. The summed E-state index contributed by atoms with van der Waals surface area (Å²) in [7, 11) is -1.66. The highest BCUT2D eigenvalue weighted by Crippen LogP contribution is 2.44. The molecule has 0 spiro atoms. The lowest BCUT2D eigenvalue weighted by Gasteiger charge is -2.18. The van der Waals surface area contributed by atoms with Crippen LogP contribution in [0.2, 0.25) is 0 Å². The van der Waals surface area contributed by atoms with Gasteiger partial charge in [-0.15, -0.1) is 0 Å². The van der Waals surface area contributed by atoms with Gasteiger partial charge >= 0.3 is 19.2 Å². The maximum Gasteiger partial charge on any atom is 0.488 e. The molecule has 3 aromatic rings. The number of ether oxygens (including phenoxy) is 1. The molecule has 0 heterocycles. The van der Waals surface area contributed by atoms with Crippen LogP contribution in [0.1, 0.15) is 22.6 Å². The van der Waals surface area contributed by atoms with Crippen molar-refractivity contribution in [1.82, 2.24) is 5.32 Å². The van der Waals surface area contributed by atoms with Gasteiger partial charge in [-0.1, -0.05) is 72.8 Å². The molecule has 1 aliphatic carbocycles. The molecular formula is C24H22BNO6. The smallest absolute Gasteiger partial charge is 0.480 e. The highest BCUT2D eigenvalue weighted by Gasteiger charge is 2.29. The van der Waals surface area contributed by atoms with Crippen molar-refractivity contribution in [2.24, 2.45) is 0 Å². The van der Waals surface area contributed by atoms with Crippen molar-refractivity contribution in [1.29, 1.82) is 0 Å². The molecule has 0 saturated carbocycles. The van der Waals surface area contributed by atoms with Crippen molar-refractivity contribution in [2.45, 2.75) is 18.4 Å². The standard InChI is InChI=1S/C24H22BNO6/c27-23(28)22(13-15-6-5-7-16(12-15)25(30)31)26-24(29)32-14-21-19-10-3-1-8-17(19)18-9-2-4-11-20(18)21/h1-12,21-22,30-31H,13-14H2,(H,26,29)(H,27,28)/t22-/m0/s1. The van der Waals surface area contributed by atoms with Gasteiger partial charge in [0.2, 0.25) is 0 Å². The Labute approximate surface area is 185 Å². The minimum atomic E-state index is -1.66. The number of amides is 1. The topological polar surface area (TPSA) is 116 Å². The minimum absolute atomic E-state index is 0.0277. The summed E-state index contributed by atoms with van der Waals surface area (Å²) in [4.78, 5) is 24.1. The molecule has 1 aliphatic rings. The number of rotatable bonds is 7. The third-order valence-electron chi connectivity index (χ3n) is 5.62. The van der Waals surface area contributed by atoms with E-state index < -0.39 is 25.2 Å². The highest BCUT2D eigenvalue weighted by atomic mass is 16.5. The Morgan fingerprint density at radius 1 is 0.938 bits per heavy atom. The van der Waals surface area contributed by atoms with Gasteiger partial charge in [-0.25, -0.2) is 9.59 Å². The van der Waals surface area contributed by atoms with E-state index in [1.54, 1.807) is 12.1 Å². The predicted molar refractivity (Wildman–Crippen MR) is 120 cm³/mol. The van der Waals surface area contributed by atoms with Crippen LogP contribution in [-0.4, -0.2) is 47.0 Å². The first-order chi connectivity index (χ1) is 15.4. The Hall–Kier alpha value is -3.62. The second-order valence-corrected chi connectivity index (χ2v) is 7.68. The minimum Gasteiger partial charge on any atom is -0.480 e. The Balaban J connectivity index is 1.43. The van der Waals surface area contributed by atoms with Gasteiger partial charge in [-0.05, 0) is 33.3 Å². The van der Waals surface area contributed by atoms with E-state index in [2.05, 4.69) is 5.32 Å². The van der Waals surface area contributed by atoms with E-state index in [1.807, 2.05) is 48.5 Å². The Kier molecular flexibility index (Phi) is 6.25. The fourth-order valence-corrected chi connectivity index (χ4v) is 4.10. The molecule has 4 N–H and O–H groups in total. The van der Waals surface area contributed by atoms with Gasteiger partial charge in [0.15, 0.2) is 0 Å². The summed E-state index contributed by atoms with van der Waals surface area (Å²) in [6.07, 6.45) is -0.849. The molecule has 1 amide bonds. The van der Waals surface area contributed by atoms with Crippen molar-refractivity contribution >= 4 is 24.6 Å². The number of benzene rings is 3. The number of carboxylic acids is 1. The van der Waals surface area contributed by atoms with Crippen molar-refractivity contribution < 1.29 is 29.5 Å². The fourth-order valence-electron chi connectivity index (χ4n) is 4.10. The van der Waals surface area contributed by atoms with Crippen LogP contribution in [0.15, 0.2) is 72.8 Å². The molecule has 4 rings (SSSR count). The van der Waals surface area contributed by atoms with Crippen LogP contribution in [0.25, 0.3) is 11.1 Å². The zero-order valence-electron chi connectivity index (χ0n) is 17.1. The van der Waals surface area contributed by atoms with Gasteiger partial charge in [0.25, 0.3) is 0 Å². The summed E-state index contributed by atoms with van der Waals surface area (Å²) < 4.78 is 5.43. The van der Waals surface area contributed by atoms with Crippen LogP contribution >= 0.6 is 0 Å². The summed E-state index contributed by atoms with van der Waals surface area (Å²) in [6.45, 7) is 0.0817. The lowest BCUT2D eigenvalue weighted by atomic mass is 9.79. The van der Waals surface area contributed by atoms with Gasteiger partial charge in [0.1, 0.15) is 12.6 Å². The molecule has 162 valence electrons. The number of carboxylic acid groups (broad SMARTS) is 1. The molecule has 0 unspecified atom stereocenters. The van der Waals surface area contributed by atoms with Crippen molar-refractivity contribution in [3.05, 3.63) is 89.5 Å². The van der Waals surface area contributed by atoms with E-state index >= 15 is 0 Å². The lowest BCUT2D eigenvalue weighted by molar-refractivity contribution is -0.139. The molecule has 1 atom stereocenters. The second-order valence-electron chi connectivity index (χ2n) is 7.68. The fraction of sp³-hybridized carbons (Fsp3) is 0.167. The molecule has 0 aliphatic heterocycles. The normalized spacial score (nSPS) is 13.1. The summed E-state index contributed by atoms with van der Waals surface area (Å²) in [5, 5.41) is 30.5. The van der Waals surface area contributed by atoms with Crippen LogP contribution in [0, 0.1) is 0 Å². The first-order valence-corrected chi connectivity index (χ1v) is 10.2. The second kappa shape index (κ2) is 9.26. The van der Waals surface area contributed by atoms with Crippen LogP contribution in [0.5, 0.6) is 0 Å². The van der Waals surface area contributed by atoms with E-state index in [9.17, 15) is 24.7 Å². The zero-order valence-corrected chi connectivity index (χ0v) is 17.1. The average molecular weight is 431 g/mol. The molecule has 7 nitrogen and oxygen atoms in total. The van der Waals surface area contributed by atoms with E-state index in [1.165, 1.54) is 12.1 Å². The number of hydrogen-bond acceptors (Lipinski definition) is 5. The van der Waals surface area contributed by atoms with Crippen LogP contribution < -0.4 is 10.8 Å². The summed E-state index contributed by atoms with van der Waals surface area (Å²) in [5.41, 5.74) is 5.12. The van der Waals surface area contributed by atoms with Crippen molar-refractivity contribution in [3.63, 3.8) is 0 Å².